The van der Waals surface area contributed by atoms with Crippen molar-refractivity contribution >= 4 is 5.82 Å². The monoisotopic (exact) mass is 315 g/mol. The van der Waals surface area contributed by atoms with Gasteiger partial charge in [0, 0.05) is 31.9 Å². The zero-order valence-electron chi connectivity index (χ0n) is 13.0. The van der Waals surface area contributed by atoms with E-state index in [0.29, 0.717) is 12.6 Å². The second-order valence-corrected chi connectivity index (χ2v) is 5.92. The van der Waals surface area contributed by atoms with Crippen molar-refractivity contribution in [1.29, 1.82) is 0 Å². The summed E-state index contributed by atoms with van der Waals surface area (Å²) < 4.78 is 12.9. The third-order valence-corrected chi connectivity index (χ3v) is 4.32. The minimum atomic E-state index is -0.607. The molecule has 1 aliphatic heterocycles. The number of piperidine rings is 1. The summed E-state index contributed by atoms with van der Waals surface area (Å²) in [4.78, 5) is 6.67. The zero-order chi connectivity index (χ0) is 16.1. The summed E-state index contributed by atoms with van der Waals surface area (Å²) in [6, 6.07) is 12.4. The fourth-order valence-electron chi connectivity index (χ4n) is 2.93. The molecule has 0 saturated carbocycles. The Morgan fingerprint density at radius 2 is 1.91 bits per heavy atom. The number of nitrogens with zero attached hydrogens (tertiary/aromatic N) is 2. The highest BCUT2D eigenvalue weighted by atomic mass is 19.1. The van der Waals surface area contributed by atoms with Crippen LogP contribution in [0.5, 0.6) is 0 Å². The first-order valence-corrected chi connectivity index (χ1v) is 8.05. The van der Waals surface area contributed by atoms with Gasteiger partial charge in [-0.3, -0.25) is 0 Å². The first kappa shape index (κ1) is 15.9. The van der Waals surface area contributed by atoms with Crippen molar-refractivity contribution in [2.45, 2.75) is 25.0 Å². The van der Waals surface area contributed by atoms with E-state index in [2.05, 4.69) is 15.2 Å². The van der Waals surface area contributed by atoms with Gasteiger partial charge in [0.2, 0.25) is 0 Å². The molecule has 4 nitrogen and oxygen atoms in total. The van der Waals surface area contributed by atoms with Crippen LogP contribution < -0.4 is 10.2 Å². The van der Waals surface area contributed by atoms with Gasteiger partial charge in [0.25, 0.3) is 0 Å². The van der Waals surface area contributed by atoms with Gasteiger partial charge in [0.05, 0.1) is 6.10 Å². The maximum absolute atomic E-state index is 12.9. The number of rotatable bonds is 5. The molecule has 0 spiro atoms. The van der Waals surface area contributed by atoms with Crippen molar-refractivity contribution in [3.05, 3.63) is 60.0 Å². The van der Waals surface area contributed by atoms with Gasteiger partial charge in [-0.25, -0.2) is 9.37 Å². The van der Waals surface area contributed by atoms with Gasteiger partial charge < -0.3 is 15.3 Å². The Morgan fingerprint density at radius 3 is 2.57 bits per heavy atom. The normalized spacial score (nSPS) is 17.2. The number of pyridine rings is 1. The number of halogens is 1. The first-order valence-electron chi connectivity index (χ1n) is 8.05. The maximum atomic E-state index is 12.9. The van der Waals surface area contributed by atoms with Gasteiger partial charge in [0.15, 0.2) is 0 Å². The molecule has 0 radical (unpaired) electrons. The van der Waals surface area contributed by atoms with E-state index in [1.54, 1.807) is 12.1 Å². The SMILES string of the molecule is OC(CNC1CCN(c2ccccn2)CC1)c1ccc(F)cc1. The molecule has 1 unspecified atom stereocenters. The lowest BCUT2D eigenvalue weighted by molar-refractivity contribution is 0.167. The number of aliphatic hydroxyl groups is 1. The van der Waals surface area contributed by atoms with Gasteiger partial charge in [-0.05, 0) is 42.7 Å². The first-order chi connectivity index (χ1) is 11.2. The van der Waals surface area contributed by atoms with Crippen molar-refractivity contribution in [3.8, 4) is 0 Å². The van der Waals surface area contributed by atoms with Gasteiger partial charge >= 0.3 is 0 Å². The lowest BCUT2D eigenvalue weighted by Crippen LogP contribution is -2.43. The molecule has 0 aliphatic carbocycles. The summed E-state index contributed by atoms with van der Waals surface area (Å²) in [5.41, 5.74) is 0.741. The van der Waals surface area contributed by atoms with E-state index < -0.39 is 6.10 Å². The smallest absolute Gasteiger partial charge is 0.128 e. The number of nitrogens with one attached hydrogen (secondary N) is 1. The Hall–Kier alpha value is -1.98. The van der Waals surface area contributed by atoms with Gasteiger partial charge in [0.1, 0.15) is 11.6 Å². The molecule has 1 saturated heterocycles. The van der Waals surface area contributed by atoms with Crippen molar-refractivity contribution in [1.82, 2.24) is 10.3 Å². The topological polar surface area (TPSA) is 48.4 Å². The molecule has 0 amide bonds. The Balaban J connectivity index is 1.45. The average molecular weight is 315 g/mol. The zero-order valence-corrected chi connectivity index (χ0v) is 13.0. The van der Waals surface area contributed by atoms with E-state index in [-0.39, 0.29) is 5.82 Å². The van der Waals surface area contributed by atoms with Crippen molar-refractivity contribution in [3.63, 3.8) is 0 Å². The van der Waals surface area contributed by atoms with Crippen molar-refractivity contribution in [2.75, 3.05) is 24.5 Å². The van der Waals surface area contributed by atoms with E-state index in [4.69, 9.17) is 0 Å². The Labute approximate surface area is 136 Å². The highest BCUT2D eigenvalue weighted by molar-refractivity contribution is 5.38. The Morgan fingerprint density at radius 1 is 1.17 bits per heavy atom. The molecular weight excluding hydrogens is 293 g/mol. The largest absolute Gasteiger partial charge is 0.387 e. The molecule has 0 bridgehead atoms. The van der Waals surface area contributed by atoms with Crippen LogP contribution in [-0.4, -0.2) is 35.8 Å². The predicted octanol–water partition coefficient (Wildman–Crippen LogP) is 2.51. The third-order valence-electron chi connectivity index (χ3n) is 4.32. The Bertz CT molecular complexity index is 597. The van der Waals surface area contributed by atoms with Crippen LogP contribution >= 0.6 is 0 Å². The maximum Gasteiger partial charge on any atom is 0.128 e. The molecular formula is C18H22FN3O. The molecule has 1 aromatic carbocycles. The number of aromatic nitrogens is 1. The molecule has 1 aromatic heterocycles. The van der Waals surface area contributed by atoms with E-state index in [9.17, 15) is 9.50 Å². The molecule has 2 aromatic rings. The molecule has 23 heavy (non-hydrogen) atoms. The molecule has 1 atom stereocenters. The lowest BCUT2D eigenvalue weighted by atomic mass is 10.0. The van der Waals surface area contributed by atoms with Crippen LogP contribution in [0, 0.1) is 5.82 Å². The summed E-state index contributed by atoms with van der Waals surface area (Å²) >= 11 is 0. The van der Waals surface area contributed by atoms with Gasteiger partial charge in [-0.1, -0.05) is 18.2 Å². The van der Waals surface area contributed by atoms with Crippen LogP contribution in [0.4, 0.5) is 10.2 Å². The van der Waals surface area contributed by atoms with E-state index >= 15 is 0 Å². The minimum absolute atomic E-state index is 0.282. The second-order valence-electron chi connectivity index (χ2n) is 5.92. The molecule has 2 heterocycles. The summed E-state index contributed by atoms with van der Waals surface area (Å²) in [6.07, 6.45) is 3.25. The highest BCUT2D eigenvalue weighted by Gasteiger charge is 2.20. The molecule has 1 aliphatic rings. The third kappa shape index (κ3) is 4.27. The van der Waals surface area contributed by atoms with E-state index in [1.807, 2.05) is 24.4 Å². The van der Waals surface area contributed by atoms with Crippen LogP contribution in [0.1, 0.15) is 24.5 Å². The van der Waals surface area contributed by atoms with Gasteiger partial charge in [-0.2, -0.15) is 0 Å². The summed E-state index contributed by atoms with van der Waals surface area (Å²) in [6.45, 7) is 2.41. The molecule has 5 heteroatoms. The van der Waals surface area contributed by atoms with Crippen molar-refractivity contribution < 1.29 is 9.50 Å². The number of benzene rings is 1. The molecule has 122 valence electrons. The quantitative estimate of drug-likeness (QED) is 0.890. The molecule has 3 rings (SSSR count). The minimum Gasteiger partial charge on any atom is -0.387 e. The van der Waals surface area contributed by atoms with E-state index in [0.717, 1.165) is 37.3 Å². The number of aliphatic hydroxyl groups excluding tert-OH is 1. The number of hydrogen-bond acceptors (Lipinski definition) is 4. The van der Waals surface area contributed by atoms with E-state index in [1.165, 1.54) is 12.1 Å². The number of anilines is 1. The van der Waals surface area contributed by atoms with Crippen LogP contribution in [-0.2, 0) is 0 Å². The van der Waals surface area contributed by atoms with Crippen LogP contribution in [0.2, 0.25) is 0 Å². The average Bonchev–Trinajstić information content (AvgIpc) is 2.61. The van der Waals surface area contributed by atoms with Crippen LogP contribution in [0.25, 0.3) is 0 Å². The summed E-state index contributed by atoms with van der Waals surface area (Å²) in [5, 5.41) is 13.6. The summed E-state index contributed by atoms with van der Waals surface area (Å²) in [7, 11) is 0. The molecule has 1 fully saturated rings. The second kappa shape index (κ2) is 7.53. The lowest BCUT2D eigenvalue weighted by Gasteiger charge is -2.33. The predicted molar refractivity (Wildman–Crippen MR) is 88.8 cm³/mol. The van der Waals surface area contributed by atoms with Crippen molar-refractivity contribution in [2.24, 2.45) is 0 Å². The highest BCUT2D eigenvalue weighted by Crippen LogP contribution is 2.18. The van der Waals surface area contributed by atoms with Crippen LogP contribution in [0.15, 0.2) is 48.7 Å². The fourth-order valence-corrected chi connectivity index (χ4v) is 2.93. The molecule has 2 N–H and O–H groups in total. The standard InChI is InChI=1S/C18H22FN3O/c19-15-6-4-14(5-7-15)17(23)13-21-16-8-11-22(12-9-16)18-3-1-2-10-20-18/h1-7,10,16-17,21,23H,8-9,11-13H2. The Kier molecular flexibility index (Phi) is 5.20. The fraction of sp³-hybridized carbons (Fsp3) is 0.389. The number of hydrogen-bond donors (Lipinski definition) is 2. The van der Waals surface area contributed by atoms with Crippen LogP contribution in [0.3, 0.4) is 0 Å². The van der Waals surface area contributed by atoms with Gasteiger partial charge in [-0.15, -0.1) is 0 Å². The summed E-state index contributed by atoms with van der Waals surface area (Å²) in [5.74, 6) is 0.744.